The average Bonchev–Trinajstić information content (AvgIpc) is 2.75. The first kappa shape index (κ1) is 27.2. The van der Waals surface area contributed by atoms with Gasteiger partial charge in [-0.05, 0) is 6.42 Å². The van der Waals surface area contributed by atoms with Crippen LogP contribution in [0, 0.1) is 0 Å². The summed E-state index contributed by atoms with van der Waals surface area (Å²) in [6.07, 6.45) is 2.35. The number of nitrogens with one attached hydrogen (secondary N) is 1. The van der Waals surface area contributed by atoms with Gasteiger partial charge in [-0.15, -0.1) is 0 Å². The Morgan fingerprint density at radius 3 is 2.35 bits per heavy atom. The van der Waals surface area contributed by atoms with Gasteiger partial charge in [0.15, 0.2) is 0 Å². The molecule has 2 aromatic carbocycles. The standard InChI is InChI=1S/C24H30AsNO8/c1-4-18-9-8-17(13-19(18)5-2)7-6-12-33-23(29)15-24(30)34-25(31,32)21-11-10-20(28)14-22(21)26-16(3)27/h8-11,13-14,28H,4-7,12,15H2,1-3H3,(H,26,27)(H,31,32). The van der Waals surface area contributed by atoms with E-state index < -0.39 is 38.4 Å². The zero-order valence-corrected chi connectivity index (χ0v) is 21.4. The van der Waals surface area contributed by atoms with E-state index in [-0.39, 0.29) is 22.4 Å². The van der Waals surface area contributed by atoms with Gasteiger partial charge in [0.25, 0.3) is 0 Å². The number of carbonyl (C=O) groups excluding carboxylic acids is 3. The summed E-state index contributed by atoms with van der Waals surface area (Å²) in [5, 5.41) is 11.9. The summed E-state index contributed by atoms with van der Waals surface area (Å²) in [5.74, 6) is -2.90. The number of aromatic hydroxyl groups is 1. The zero-order valence-electron chi connectivity index (χ0n) is 19.5. The molecular weight excluding hydrogens is 505 g/mol. The number of anilines is 1. The molecule has 0 aliphatic rings. The van der Waals surface area contributed by atoms with Gasteiger partial charge in [0, 0.05) is 0 Å². The number of ether oxygens (including phenoxy) is 1. The molecule has 2 aromatic rings. The Balaban J connectivity index is 1.86. The first-order chi connectivity index (χ1) is 16.1. The van der Waals surface area contributed by atoms with Crippen molar-refractivity contribution in [3.05, 3.63) is 53.1 Å². The summed E-state index contributed by atoms with van der Waals surface area (Å²) in [6.45, 7) is 5.49. The molecule has 3 N–H and O–H groups in total. The smallest absolute Gasteiger partial charge is 0.0613 e. The van der Waals surface area contributed by atoms with Gasteiger partial charge < -0.3 is 0 Å². The van der Waals surface area contributed by atoms with E-state index in [0.717, 1.165) is 36.6 Å². The molecule has 0 aliphatic heterocycles. The Bertz CT molecular complexity index is 1100. The summed E-state index contributed by atoms with van der Waals surface area (Å²) in [5.41, 5.74) is 3.59. The van der Waals surface area contributed by atoms with Crippen LogP contribution in [-0.4, -0.2) is 47.8 Å². The average molecular weight is 535 g/mol. The van der Waals surface area contributed by atoms with Gasteiger partial charge >= 0.3 is 181 Å². The van der Waals surface area contributed by atoms with Gasteiger partial charge in [0.05, 0.1) is 0 Å². The van der Waals surface area contributed by atoms with Crippen LogP contribution in [0.15, 0.2) is 36.4 Å². The third-order valence-electron chi connectivity index (χ3n) is 5.01. The van der Waals surface area contributed by atoms with Crippen LogP contribution in [0.2, 0.25) is 0 Å². The molecular formula is C24H30AsNO8. The maximum absolute atomic E-state index is 12.6. The van der Waals surface area contributed by atoms with Gasteiger partial charge in [0.1, 0.15) is 0 Å². The minimum atomic E-state index is -5.47. The molecule has 0 radical (unpaired) electrons. The van der Waals surface area contributed by atoms with Crippen molar-refractivity contribution in [2.24, 2.45) is 0 Å². The van der Waals surface area contributed by atoms with Crippen molar-refractivity contribution < 1.29 is 35.8 Å². The summed E-state index contributed by atoms with van der Waals surface area (Å²) < 4.78 is 32.3. The predicted octanol–water partition coefficient (Wildman–Crippen LogP) is 2.15. The van der Waals surface area contributed by atoms with Crippen LogP contribution in [0.25, 0.3) is 0 Å². The predicted molar refractivity (Wildman–Crippen MR) is 126 cm³/mol. The van der Waals surface area contributed by atoms with Gasteiger partial charge in [-0.1, -0.05) is 13.8 Å². The molecule has 1 atom stereocenters. The first-order valence-corrected chi connectivity index (χ1v) is 14.3. The van der Waals surface area contributed by atoms with Crippen molar-refractivity contribution in [2.45, 2.75) is 52.9 Å². The Kier molecular flexibility index (Phi) is 9.95. The number of benzene rings is 2. The quantitative estimate of drug-likeness (QED) is 0.172. The van der Waals surface area contributed by atoms with Crippen LogP contribution in [-0.2, 0) is 45.8 Å². The first-order valence-electron chi connectivity index (χ1n) is 11.0. The molecule has 0 fully saturated rings. The summed E-state index contributed by atoms with van der Waals surface area (Å²) in [4.78, 5) is 35.3. The summed E-state index contributed by atoms with van der Waals surface area (Å²) in [6, 6.07) is 9.56. The minimum Gasteiger partial charge on any atom is -0.0613 e. The van der Waals surface area contributed by atoms with Crippen LogP contribution in [0.4, 0.5) is 5.69 Å². The third kappa shape index (κ3) is 8.08. The second-order valence-electron chi connectivity index (χ2n) is 7.68. The number of phenolic OH excluding ortho intramolecular Hbond substituents is 1. The Morgan fingerprint density at radius 1 is 1.00 bits per heavy atom. The van der Waals surface area contributed by atoms with Crippen LogP contribution in [0.5, 0.6) is 5.75 Å². The third-order valence-corrected chi connectivity index (χ3v) is 8.06. The molecule has 34 heavy (non-hydrogen) atoms. The van der Waals surface area contributed by atoms with E-state index in [9.17, 15) is 27.3 Å². The topological polar surface area (TPSA) is 139 Å². The number of aryl methyl sites for hydroxylation is 3. The summed E-state index contributed by atoms with van der Waals surface area (Å²) in [7, 11) is 0. The van der Waals surface area contributed by atoms with E-state index in [1.54, 1.807) is 0 Å². The minimum absolute atomic E-state index is 0.0928. The van der Waals surface area contributed by atoms with E-state index in [1.165, 1.54) is 18.1 Å². The maximum atomic E-state index is 12.6. The molecule has 9 nitrogen and oxygen atoms in total. The molecule has 0 saturated carbocycles. The van der Waals surface area contributed by atoms with Crippen molar-refractivity contribution in [3.8, 4) is 5.75 Å². The van der Waals surface area contributed by atoms with Crippen molar-refractivity contribution in [1.29, 1.82) is 0 Å². The fraction of sp³-hybridized carbons (Fsp3) is 0.375. The van der Waals surface area contributed by atoms with Crippen LogP contribution in [0.1, 0.15) is 50.3 Å². The van der Waals surface area contributed by atoms with Crippen molar-refractivity contribution in [2.75, 3.05) is 11.9 Å². The number of hydrogen-bond acceptors (Lipinski definition) is 7. The van der Waals surface area contributed by atoms with E-state index in [2.05, 4.69) is 41.1 Å². The van der Waals surface area contributed by atoms with Crippen molar-refractivity contribution >= 4 is 42.1 Å². The molecule has 1 amide bonds. The number of hydrogen-bond donors (Lipinski definition) is 3. The number of carbonyl (C=O) groups is 3. The molecule has 10 heteroatoms. The Morgan fingerprint density at radius 2 is 1.71 bits per heavy atom. The van der Waals surface area contributed by atoms with E-state index >= 15 is 0 Å². The molecule has 0 spiro atoms. The SMILES string of the molecule is CCc1ccc(CCCOC(=O)CC(=O)O[As](=O)(O)c2ccc(O)cc2NC(C)=O)cc1CC. The fourth-order valence-corrected chi connectivity index (χ4v) is 5.78. The number of phenols is 1. The van der Waals surface area contributed by atoms with Crippen LogP contribution < -0.4 is 9.67 Å². The van der Waals surface area contributed by atoms with Crippen LogP contribution in [0.3, 0.4) is 0 Å². The van der Waals surface area contributed by atoms with Gasteiger partial charge in [-0.25, -0.2) is 0 Å². The molecule has 0 heterocycles. The molecule has 184 valence electrons. The van der Waals surface area contributed by atoms with E-state index in [1.807, 2.05) is 0 Å². The van der Waals surface area contributed by atoms with Crippen LogP contribution >= 0.6 is 0 Å². The van der Waals surface area contributed by atoms with Crippen molar-refractivity contribution in [3.63, 3.8) is 0 Å². The molecule has 2 rings (SSSR count). The second kappa shape index (κ2) is 12.4. The van der Waals surface area contributed by atoms with Gasteiger partial charge in [-0.2, -0.15) is 0 Å². The normalized spacial score (nSPS) is 12.5. The number of esters is 1. The number of amides is 1. The van der Waals surface area contributed by atoms with E-state index in [0.29, 0.717) is 12.8 Å². The molecule has 0 saturated heterocycles. The van der Waals surface area contributed by atoms with Gasteiger partial charge in [0.2, 0.25) is 0 Å². The Hall–Kier alpha value is -3.03. The van der Waals surface area contributed by atoms with Crippen molar-refractivity contribution in [1.82, 2.24) is 0 Å². The monoisotopic (exact) mass is 535 g/mol. The summed E-state index contributed by atoms with van der Waals surface area (Å²) >= 11 is -5.47. The molecule has 0 bridgehead atoms. The Labute approximate surface area is 201 Å². The number of rotatable bonds is 11. The van der Waals surface area contributed by atoms with E-state index in [4.69, 9.17) is 4.74 Å². The molecule has 0 aliphatic carbocycles. The second-order valence-corrected chi connectivity index (χ2v) is 11.3. The van der Waals surface area contributed by atoms with Gasteiger partial charge in [-0.3, -0.25) is 0 Å². The fourth-order valence-electron chi connectivity index (χ4n) is 3.42. The zero-order chi connectivity index (χ0) is 25.3. The molecule has 1 unspecified atom stereocenters. The molecule has 0 aromatic heterocycles.